The lowest BCUT2D eigenvalue weighted by atomic mass is 9.93. The first-order valence-corrected chi connectivity index (χ1v) is 8.22. The highest BCUT2D eigenvalue weighted by molar-refractivity contribution is 9.10. The molecule has 0 amide bonds. The average molecular weight is 413 g/mol. The molecule has 3 nitrogen and oxygen atoms in total. The number of nitrogens with two attached hydrogens (primary N) is 1. The van der Waals surface area contributed by atoms with E-state index in [9.17, 15) is 0 Å². The van der Waals surface area contributed by atoms with Crippen LogP contribution in [-0.2, 0) is 0 Å². The number of methoxy groups -OCH3 is 1. The van der Waals surface area contributed by atoms with E-state index in [1.54, 1.807) is 7.11 Å². The first-order valence-electron chi connectivity index (χ1n) is 6.63. The summed E-state index contributed by atoms with van der Waals surface area (Å²) in [6, 6.07) is 11.8. The third-order valence-electron chi connectivity index (χ3n) is 3.65. The average Bonchev–Trinajstić information content (AvgIpc) is 2.46. The van der Waals surface area contributed by atoms with Crippen molar-refractivity contribution in [1.29, 1.82) is 0 Å². The molecule has 0 aromatic heterocycles. The predicted octanol–water partition coefficient (Wildman–Crippen LogP) is 4.74. The van der Waals surface area contributed by atoms with Gasteiger partial charge in [0.05, 0.1) is 7.11 Å². The quantitative estimate of drug-likeness (QED) is 0.774. The van der Waals surface area contributed by atoms with Crippen molar-refractivity contribution in [2.75, 3.05) is 7.11 Å². The van der Waals surface area contributed by atoms with Crippen LogP contribution in [0.4, 0.5) is 0 Å². The van der Waals surface area contributed by atoms with E-state index >= 15 is 0 Å². The Labute approximate surface area is 140 Å². The van der Waals surface area contributed by atoms with Crippen LogP contribution in [0, 0.1) is 0 Å². The van der Waals surface area contributed by atoms with Gasteiger partial charge in [-0.25, -0.2) is 0 Å². The highest BCUT2D eigenvalue weighted by Gasteiger charge is 2.29. The Kier molecular flexibility index (Phi) is 4.24. The molecule has 2 aromatic carbocycles. The molecule has 0 saturated carbocycles. The smallest absolute Gasteiger partial charge is 0.129 e. The summed E-state index contributed by atoms with van der Waals surface area (Å²) in [5.74, 6) is 1.64. The zero-order chi connectivity index (χ0) is 15.0. The molecule has 0 bridgehead atoms. The van der Waals surface area contributed by atoms with E-state index in [1.165, 1.54) is 0 Å². The Balaban J connectivity index is 2.01. The van der Waals surface area contributed by atoms with Crippen LogP contribution in [0.25, 0.3) is 0 Å². The summed E-state index contributed by atoms with van der Waals surface area (Å²) in [6.07, 6.45) is 0.607. The van der Waals surface area contributed by atoms with Gasteiger partial charge >= 0.3 is 0 Å². The van der Waals surface area contributed by atoms with Crippen molar-refractivity contribution in [2.24, 2.45) is 5.73 Å². The van der Waals surface area contributed by atoms with E-state index < -0.39 is 0 Å². The number of halogens is 2. The fourth-order valence-electron chi connectivity index (χ4n) is 2.62. The van der Waals surface area contributed by atoms with Gasteiger partial charge in [-0.3, -0.25) is 0 Å². The Morgan fingerprint density at radius 1 is 1.10 bits per heavy atom. The Bertz CT molecular complexity index is 675. The Hall–Kier alpha value is -1.04. The van der Waals surface area contributed by atoms with Crippen LogP contribution in [0.1, 0.15) is 29.7 Å². The molecule has 1 aliphatic heterocycles. The van der Waals surface area contributed by atoms with Crippen LogP contribution >= 0.6 is 31.9 Å². The van der Waals surface area contributed by atoms with Crippen LogP contribution < -0.4 is 15.2 Å². The van der Waals surface area contributed by atoms with E-state index in [-0.39, 0.29) is 12.1 Å². The first-order chi connectivity index (χ1) is 10.1. The van der Waals surface area contributed by atoms with Gasteiger partial charge in [0.1, 0.15) is 17.6 Å². The molecule has 1 heterocycles. The van der Waals surface area contributed by atoms with Gasteiger partial charge in [-0.2, -0.15) is 0 Å². The van der Waals surface area contributed by atoms with Gasteiger partial charge in [-0.05, 0) is 30.3 Å². The maximum Gasteiger partial charge on any atom is 0.129 e. The molecular formula is C16H15Br2NO2. The molecule has 0 radical (unpaired) electrons. The topological polar surface area (TPSA) is 44.5 Å². The SMILES string of the molecule is COc1ccc(Br)cc1C1CC(N)c2ccc(Br)cc2O1. The second kappa shape index (κ2) is 5.99. The minimum absolute atomic E-state index is 0.0458. The van der Waals surface area contributed by atoms with Crippen molar-refractivity contribution in [3.8, 4) is 11.5 Å². The lowest BCUT2D eigenvalue weighted by molar-refractivity contribution is 0.157. The number of rotatable bonds is 2. The molecule has 110 valence electrons. The number of ether oxygens (including phenoxy) is 2. The van der Waals surface area contributed by atoms with Gasteiger partial charge in [0, 0.05) is 32.5 Å². The van der Waals surface area contributed by atoms with Gasteiger partial charge in [0.15, 0.2) is 0 Å². The van der Waals surface area contributed by atoms with E-state index in [2.05, 4.69) is 31.9 Å². The molecule has 2 unspecified atom stereocenters. The van der Waals surface area contributed by atoms with Crippen molar-refractivity contribution in [3.63, 3.8) is 0 Å². The molecule has 1 aliphatic rings. The van der Waals surface area contributed by atoms with Crippen molar-refractivity contribution < 1.29 is 9.47 Å². The summed E-state index contributed by atoms with van der Waals surface area (Å²) in [7, 11) is 1.67. The molecule has 3 rings (SSSR count). The molecule has 2 N–H and O–H groups in total. The summed E-state index contributed by atoms with van der Waals surface area (Å²) in [5.41, 5.74) is 8.36. The standard InChI is InChI=1S/C16H15Br2NO2/c1-20-14-5-3-9(17)6-12(14)16-8-13(19)11-4-2-10(18)7-15(11)21-16/h2-7,13,16H,8,19H2,1H3. The zero-order valence-electron chi connectivity index (χ0n) is 11.5. The normalized spacial score (nSPS) is 20.6. The fourth-order valence-corrected chi connectivity index (χ4v) is 3.34. The summed E-state index contributed by atoms with van der Waals surface area (Å²) in [5, 5.41) is 0. The summed E-state index contributed by atoms with van der Waals surface area (Å²) in [6.45, 7) is 0. The molecule has 5 heteroatoms. The van der Waals surface area contributed by atoms with Gasteiger partial charge in [-0.15, -0.1) is 0 Å². The lowest BCUT2D eigenvalue weighted by Gasteiger charge is -2.31. The molecule has 21 heavy (non-hydrogen) atoms. The van der Waals surface area contributed by atoms with E-state index in [1.807, 2.05) is 36.4 Å². The zero-order valence-corrected chi connectivity index (χ0v) is 14.6. The van der Waals surface area contributed by atoms with Gasteiger partial charge in [0.2, 0.25) is 0 Å². The molecule has 0 fully saturated rings. The number of benzene rings is 2. The van der Waals surface area contributed by atoms with Crippen LogP contribution in [0.2, 0.25) is 0 Å². The van der Waals surface area contributed by atoms with Crippen LogP contribution in [-0.4, -0.2) is 7.11 Å². The molecule has 0 aliphatic carbocycles. The molecule has 2 aromatic rings. The van der Waals surface area contributed by atoms with Crippen molar-refractivity contribution in [2.45, 2.75) is 18.6 Å². The third-order valence-corrected chi connectivity index (χ3v) is 4.64. The monoisotopic (exact) mass is 411 g/mol. The number of fused-ring (bicyclic) bond motifs is 1. The van der Waals surface area contributed by atoms with E-state index in [0.29, 0.717) is 0 Å². The molecule has 0 spiro atoms. The minimum atomic E-state index is -0.116. The van der Waals surface area contributed by atoms with Gasteiger partial charge < -0.3 is 15.2 Å². The maximum atomic E-state index is 6.31. The van der Waals surface area contributed by atoms with Crippen LogP contribution in [0.5, 0.6) is 11.5 Å². The van der Waals surface area contributed by atoms with Gasteiger partial charge in [0.25, 0.3) is 0 Å². The summed E-state index contributed by atoms with van der Waals surface area (Å²) >= 11 is 6.97. The molecule has 0 saturated heterocycles. The maximum absolute atomic E-state index is 6.31. The van der Waals surface area contributed by atoms with Crippen LogP contribution in [0.3, 0.4) is 0 Å². The Morgan fingerprint density at radius 3 is 2.57 bits per heavy atom. The van der Waals surface area contributed by atoms with Crippen molar-refractivity contribution in [1.82, 2.24) is 0 Å². The number of hydrogen-bond acceptors (Lipinski definition) is 3. The summed E-state index contributed by atoms with van der Waals surface area (Å²) < 4.78 is 13.6. The molecule has 2 atom stereocenters. The van der Waals surface area contributed by atoms with E-state index in [0.717, 1.165) is 38.0 Å². The minimum Gasteiger partial charge on any atom is -0.496 e. The van der Waals surface area contributed by atoms with E-state index in [4.69, 9.17) is 15.2 Å². The largest absolute Gasteiger partial charge is 0.496 e. The highest BCUT2D eigenvalue weighted by Crippen LogP contribution is 2.43. The Morgan fingerprint density at radius 2 is 1.81 bits per heavy atom. The van der Waals surface area contributed by atoms with Crippen LogP contribution in [0.15, 0.2) is 45.3 Å². The van der Waals surface area contributed by atoms with Crippen molar-refractivity contribution in [3.05, 3.63) is 56.5 Å². The fraction of sp³-hybridized carbons (Fsp3) is 0.250. The van der Waals surface area contributed by atoms with Gasteiger partial charge in [-0.1, -0.05) is 37.9 Å². The highest BCUT2D eigenvalue weighted by atomic mass is 79.9. The summed E-state index contributed by atoms with van der Waals surface area (Å²) in [4.78, 5) is 0. The predicted molar refractivity (Wildman–Crippen MR) is 89.8 cm³/mol. The first kappa shape index (κ1) is 14.9. The molecular weight excluding hydrogens is 398 g/mol. The number of hydrogen-bond donors (Lipinski definition) is 1. The van der Waals surface area contributed by atoms with Crippen molar-refractivity contribution >= 4 is 31.9 Å². The second-order valence-electron chi connectivity index (χ2n) is 5.02. The third kappa shape index (κ3) is 2.96. The second-order valence-corrected chi connectivity index (χ2v) is 6.85. The lowest BCUT2D eigenvalue weighted by Crippen LogP contribution is -2.24.